The average molecular weight is 319 g/mol. The topological polar surface area (TPSA) is 40.5 Å². The highest BCUT2D eigenvalue weighted by Gasteiger charge is 2.61. The number of piperidine rings is 1. The summed E-state index contributed by atoms with van der Waals surface area (Å²) in [6.45, 7) is 7.84. The van der Waals surface area contributed by atoms with Crippen LogP contribution >= 0.6 is 0 Å². The van der Waals surface area contributed by atoms with E-state index in [2.05, 4.69) is 25.7 Å². The highest BCUT2D eigenvalue weighted by atomic mass is 16.3. The lowest BCUT2D eigenvalue weighted by Gasteiger charge is -2.62. The highest BCUT2D eigenvalue weighted by Crippen LogP contribution is 2.64. The Labute approximate surface area is 140 Å². The van der Waals surface area contributed by atoms with Crippen LogP contribution < -0.4 is 0 Å². The molecule has 3 heteroatoms. The fourth-order valence-corrected chi connectivity index (χ4v) is 7.36. The molecule has 1 saturated heterocycles. The zero-order valence-electron chi connectivity index (χ0n) is 15.1. The van der Waals surface area contributed by atoms with Gasteiger partial charge in [0, 0.05) is 19.0 Å². The van der Waals surface area contributed by atoms with Crippen LogP contribution in [0.2, 0.25) is 0 Å². The van der Waals surface area contributed by atoms with E-state index in [-0.39, 0.29) is 11.5 Å². The smallest absolute Gasteiger partial charge is 0.222 e. The van der Waals surface area contributed by atoms with E-state index in [0.717, 1.165) is 37.6 Å². The van der Waals surface area contributed by atoms with Gasteiger partial charge in [-0.3, -0.25) is 4.79 Å². The van der Waals surface area contributed by atoms with E-state index in [0.29, 0.717) is 23.3 Å². The van der Waals surface area contributed by atoms with Gasteiger partial charge in [-0.05, 0) is 80.5 Å². The Morgan fingerprint density at radius 1 is 1.04 bits per heavy atom. The molecule has 1 aliphatic heterocycles. The van der Waals surface area contributed by atoms with Gasteiger partial charge in [-0.2, -0.15) is 0 Å². The Balaban J connectivity index is 1.65. The second kappa shape index (κ2) is 5.21. The summed E-state index contributed by atoms with van der Waals surface area (Å²) < 4.78 is 0. The lowest BCUT2D eigenvalue weighted by atomic mass is 9.47. The standard InChI is InChI=1S/C20H33NO2/c1-4-21-16-7-5-13-14-6-8-17(22)20(14,3)11-9-15(13)19(16,2)12-10-18(21)23/h13-17,22H,4-12H2,1-3H3. The van der Waals surface area contributed by atoms with Crippen molar-refractivity contribution in [2.75, 3.05) is 6.54 Å². The number of carbonyl (C=O) groups excluding carboxylic acids is 1. The number of aliphatic hydroxyl groups excluding tert-OH is 1. The van der Waals surface area contributed by atoms with Crippen LogP contribution in [-0.4, -0.2) is 34.6 Å². The van der Waals surface area contributed by atoms with Crippen molar-refractivity contribution >= 4 is 5.91 Å². The molecule has 0 spiro atoms. The van der Waals surface area contributed by atoms with Crippen molar-refractivity contribution in [3.05, 3.63) is 0 Å². The Bertz CT molecular complexity index is 506. The van der Waals surface area contributed by atoms with Gasteiger partial charge >= 0.3 is 0 Å². The van der Waals surface area contributed by atoms with Crippen LogP contribution in [0.25, 0.3) is 0 Å². The molecule has 3 nitrogen and oxygen atoms in total. The molecule has 3 saturated carbocycles. The fraction of sp³-hybridized carbons (Fsp3) is 0.950. The van der Waals surface area contributed by atoms with Gasteiger partial charge in [-0.25, -0.2) is 0 Å². The Morgan fingerprint density at radius 2 is 1.78 bits per heavy atom. The molecule has 4 aliphatic rings. The van der Waals surface area contributed by atoms with Crippen LogP contribution in [-0.2, 0) is 4.79 Å². The van der Waals surface area contributed by atoms with E-state index in [1.807, 2.05) is 0 Å². The third-order valence-corrected chi connectivity index (χ3v) is 8.68. The van der Waals surface area contributed by atoms with Crippen LogP contribution in [0.5, 0.6) is 0 Å². The molecule has 0 aromatic rings. The SMILES string of the molecule is CCN1C(=O)CCC2(C)C3CCC4(C)C(O)CCC4C3CCC12. The first-order chi connectivity index (χ1) is 10.9. The molecule has 7 atom stereocenters. The van der Waals surface area contributed by atoms with Crippen LogP contribution in [0.3, 0.4) is 0 Å². The maximum Gasteiger partial charge on any atom is 0.222 e. The zero-order valence-corrected chi connectivity index (χ0v) is 15.1. The number of hydrogen-bond acceptors (Lipinski definition) is 2. The van der Waals surface area contributed by atoms with Crippen LogP contribution in [0.15, 0.2) is 0 Å². The minimum absolute atomic E-state index is 0.0842. The minimum atomic E-state index is -0.0842. The van der Waals surface area contributed by atoms with Gasteiger partial charge in [-0.1, -0.05) is 13.8 Å². The quantitative estimate of drug-likeness (QED) is 0.802. The molecule has 1 heterocycles. The van der Waals surface area contributed by atoms with Crippen LogP contribution in [0, 0.1) is 28.6 Å². The predicted octanol–water partition coefficient (Wildman–Crippen LogP) is 3.60. The van der Waals surface area contributed by atoms with Crippen LogP contribution in [0.4, 0.5) is 0 Å². The third-order valence-electron chi connectivity index (χ3n) is 8.68. The first kappa shape index (κ1) is 15.9. The molecule has 0 aromatic carbocycles. The fourth-order valence-electron chi connectivity index (χ4n) is 7.36. The number of carbonyl (C=O) groups is 1. The first-order valence-corrected chi connectivity index (χ1v) is 9.89. The highest BCUT2D eigenvalue weighted by molar-refractivity contribution is 5.77. The van der Waals surface area contributed by atoms with E-state index in [1.54, 1.807) is 0 Å². The summed E-state index contributed by atoms with van der Waals surface area (Å²) in [4.78, 5) is 14.5. The van der Waals surface area contributed by atoms with Crippen molar-refractivity contribution in [1.82, 2.24) is 4.90 Å². The minimum Gasteiger partial charge on any atom is -0.393 e. The number of hydrogen-bond donors (Lipinski definition) is 1. The largest absolute Gasteiger partial charge is 0.393 e. The van der Waals surface area contributed by atoms with Crippen molar-refractivity contribution in [1.29, 1.82) is 0 Å². The van der Waals surface area contributed by atoms with E-state index in [1.165, 1.54) is 32.1 Å². The number of nitrogens with zero attached hydrogens (tertiary/aromatic N) is 1. The maximum absolute atomic E-state index is 12.4. The molecular weight excluding hydrogens is 286 g/mol. The van der Waals surface area contributed by atoms with Gasteiger partial charge < -0.3 is 10.0 Å². The monoisotopic (exact) mass is 319 g/mol. The molecule has 0 aromatic heterocycles. The van der Waals surface area contributed by atoms with Crippen molar-refractivity contribution in [3.8, 4) is 0 Å². The molecule has 0 bridgehead atoms. The molecular formula is C20H33NO2. The summed E-state index contributed by atoms with van der Waals surface area (Å²) in [5.41, 5.74) is 0.473. The molecule has 1 N–H and O–H groups in total. The summed E-state index contributed by atoms with van der Waals surface area (Å²) in [7, 11) is 0. The summed E-state index contributed by atoms with van der Waals surface area (Å²) in [6, 6.07) is 0.464. The van der Waals surface area contributed by atoms with Crippen molar-refractivity contribution in [2.45, 2.75) is 84.3 Å². The van der Waals surface area contributed by atoms with Gasteiger partial charge in [0.15, 0.2) is 0 Å². The van der Waals surface area contributed by atoms with E-state index >= 15 is 0 Å². The predicted molar refractivity (Wildman–Crippen MR) is 90.8 cm³/mol. The Kier molecular flexibility index (Phi) is 3.61. The molecule has 4 fully saturated rings. The van der Waals surface area contributed by atoms with E-state index in [4.69, 9.17) is 0 Å². The molecule has 23 heavy (non-hydrogen) atoms. The first-order valence-electron chi connectivity index (χ1n) is 9.89. The summed E-state index contributed by atoms with van der Waals surface area (Å²) in [5, 5.41) is 10.5. The summed E-state index contributed by atoms with van der Waals surface area (Å²) in [5.74, 6) is 2.62. The van der Waals surface area contributed by atoms with Crippen LogP contribution in [0.1, 0.15) is 72.1 Å². The number of fused-ring (bicyclic) bond motifs is 5. The van der Waals surface area contributed by atoms with Crippen molar-refractivity contribution < 1.29 is 9.90 Å². The lowest BCUT2D eigenvalue weighted by molar-refractivity contribution is -0.162. The number of rotatable bonds is 1. The summed E-state index contributed by atoms with van der Waals surface area (Å²) in [6.07, 6.45) is 8.85. The number of aliphatic hydroxyl groups is 1. The number of amides is 1. The van der Waals surface area contributed by atoms with Gasteiger partial charge in [0.05, 0.1) is 6.10 Å². The second-order valence-corrected chi connectivity index (χ2v) is 9.29. The van der Waals surface area contributed by atoms with Crippen molar-refractivity contribution in [3.63, 3.8) is 0 Å². The van der Waals surface area contributed by atoms with Gasteiger partial charge in [-0.15, -0.1) is 0 Å². The second-order valence-electron chi connectivity index (χ2n) is 9.29. The van der Waals surface area contributed by atoms with Crippen molar-refractivity contribution in [2.24, 2.45) is 28.6 Å². The maximum atomic E-state index is 12.4. The molecule has 1 amide bonds. The van der Waals surface area contributed by atoms with Gasteiger partial charge in [0.25, 0.3) is 0 Å². The molecule has 130 valence electrons. The van der Waals surface area contributed by atoms with E-state index in [9.17, 15) is 9.90 Å². The Morgan fingerprint density at radius 3 is 2.52 bits per heavy atom. The molecule has 0 radical (unpaired) electrons. The number of likely N-dealkylation sites (tertiary alicyclic amines) is 1. The van der Waals surface area contributed by atoms with Gasteiger partial charge in [0.1, 0.15) is 0 Å². The normalized spacial score (nSPS) is 52.8. The molecule has 3 aliphatic carbocycles. The molecule has 4 rings (SSSR count). The van der Waals surface area contributed by atoms with E-state index < -0.39 is 0 Å². The Hall–Kier alpha value is -0.570. The lowest BCUT2D eigenvalue weighted by Crippen LogP contribution is -2.62. The molecule has 7 unspecified atom stereocenters. The zero-order chi connectivity index (χ0) is 16.4. The average Bonchev–Trinajstić information content (AvgIpc) is 2.83. The third kappa shape index (κ3) is 2.01. The summed E-state index contributed by atoms with van der Waals surface area (Å²) >= 11 is 0. The van der Waals surface area contributed by atoms with Gasteiger partial charge in [0.2, 0.25) is 5.91 Å².